The number of aromatic carboxylic acids is 1. The summed E-state index contributed by atoms with van der Waals surface area (Å²) in [6, 6.07) is 0. The summed E-state index contributed by atoms with van der Waals surface area (Å²) in [6.45, 7) is 6.70. The summed E-state index contributed by atoms with van der Waals surface area (Å²) in [5, 5.41) is 11.8. The number of hydrogen-bond donors (Lipinski definition) is 2. The Bertz CT molecular complexity index is 364. The molecule has 0 saturated carbocycles. The molecule has 0 radical (unpaired) electrons. The SMILES string of the molecule is Cc1nc(C(=O)O)cnc1NCC(C)C. The van der Waals surface area contributed by atoms with E-state index in [1.807, 2.05) is 0 Å². The predicted molar refractivity (Wildman–Crippen MR) is 57.1 cm³/mol. The number of nitrogens with one attached hydrogen (secondary N) is 1. The van der Waals surface area contributed by atoms with Crippen molar-refractivity contribution in [2.75, 3.05) is 11.9 Å². The van der Waals surface area contributed by atoms with E-state index in [1.165, 1.54) is 6.20 Å². The number of carboxylic acid groups (broad SMARTS) is 1. The highest BCUT2D eigenvalue weighted by atomic mass is 16.4. The van der Waals surface area contributed by atoms with Crippen LogP contribution in [0.1, 0.15) is 30.0 Å². The van der Waals surface area contributed by atoms with Crippen LogP contribution in [0.2, 0.25) is 0 Å². The molecule has 0 bridgehead atoms. The third-order valence-corrected chi connectivity index (χ3v) is 1.84. The molecule has 0 aliphatic heterocycles. The second kappa shape index (κ2) is 4.72. The molecule has 1 aromatic rings. The molecule has 0 atom stereocenters. The van der Waals surface area contributed by atoms with Crippen LogP contribution in [-0.2, 0) is 0 Å². The Morgan fingerprint density at radius 2 is 2.27 bits per heavy atom. The molecular weight excluding hydrogens is 194 g/mol. The Balaban J connectivity index is 2.79. The Hall–Kier alpha value is -1.65. The zero-order chi connectivity index (χ0) is 11.4. The normalized spacial score (nSPS) is 10.4. The lowest BCUT2D eigenvalue weighted by molar-refractivity contribution is 0.0690. The van der Waals surface area contributed by atoms with Crippen LogP contribution < -0.4 is 5.32 Å². The number of carboxylic acids is 1. The number of anilines is 1. The highest BCUT2D eigenvalue weighted by Crippen LogP contribution is 2.09. The van der Waals surface area contributed by atoms with Gasteiger partial charge in [-0.2, -0.15) is 0 Å². The fourth-order valence-electron chi connectivity index (χ4n) is 1.06. The van der Waals surface area contributed by atoms with Crippen LogP contribution in [0.4, 0.5) is 5.82 Å². The maximum absolute atomic E-state index is 10.6. The smallest absolute Gasteiger partial charge is 0.356 e. The highest BCUT2D eigenvalue weighted by Gasteiger charge is 2.08. The van der Waals surface area contributed by atoms with Gasteiger partial charge in [0.25, 0.3) is 0 Å². The van der Waals surface area contributed by atoms with Gasteiger partial charge in [0.15, 0.2) is 5.69 Å². The van der Waals surface area contributed by atoms with Crippen LogP contribution in [0.15, 0.2) is 6.20 Å². The van der Waals surface area contributed by atoms with E-state index in [-0.39, 0.29) is 5.69 Å². The molecule has 0 amide bonds. The summed E-state index contributed by atoms with van der Waals surface area (Å²) in [5.74, 6) is 0.0973. The topological polar surface area (TPSA) is 75.1 Å². The third-order valence-electron chi connectivity index (χ3n) is 1.84. The van der Waals surface area contributed by atoms with Crippen molar-refractivity contribution in [2.45, 2.75) is 20.8 Å². The van der Waals surface area contributed by atoms with Gasteiger partial charge in [-0.1, -0.05) is 13.8 Å². The number of rotatable bonds is 4. The van der Waals surface area contributed by atoms with Gasteiger partial charge in [0.05, 0.1) is 11.9 Å². The number of aromatic nitrogens is 2. The zero-order valence-corrected chi connectivity index (χ0v) is 9.11. The minimum Gasteiger partial charge on any atom is -0.476 e. The number of carbonyl (C=O) groups is 1. The number of aryl methyl sites for hydroxylation is 1. The predicted octanol–water partition coefficient (Wildman–Crippen LogP) is 1.55. The van der Waals surface area contributed by atoms with Crippen LogP contribution in [0.3, 0.4) is 0 Å². The van der Waals surface area contributed by atoms with Gasteiger partial charge in [-0.3, -0.25) is 0 Å². The van der Waals surface area contributed by atoms with E-state index < -0.39 is 5.97 Å². The largest absolute Gasteiger partial charge is 0.476 e. The number of hydrogen-bond acceptors (Lipinski definition) is 4. The van der Waals surface area contributed by atoms with Crippen molar-refractivity contribution >= 4 is 11.8 Å². The van der Waals surface area contributed by atoms with Gasteiger partial charge >= 0.3 is 5.97 Å². The lowest BCUT2D eigenvalue weighted by Gasteiger charge is -2.09. The molecule has 0 saturated heterocycles. The van der Waals surface area contributed by atoms with Gasteiger partial charge in [0.2, 0.25) is 0 Å². The lowest BCUT2D eigenvalue weighted by atomic mass is 10.2. The molecule has 2 N–H and O–H groups in total. The van der Waals surface area contributed by atoms with E-state index in [2.05, 4.69) is 29.1 Å². The molecule has 1 heterocycles. The molecule has 0 aliphatic carbocycles. The summed E-state index contributed by atoms with van der Waals surface area (Å²) in [6.07, 6.45) is 1.26. The fraction of sp³-hybridized carbons (Fsp3) is 0.500. The van der Waals surface area contributed by atoms with Crippen LogP contribution in [0.25, 0.3) is 0 Å². The minimum atomic E-state index is -1.05. The van der Waals surface area contributed by atoms with Crippen LogP contribution in [-0.4, -0.2) is 27.6 Å². The van der Waals surface area contributed by atoms with Gasteiger partial charge in [0.1, 0.15) is 5.82 Å². The lowest BCUT2D eigenvalue weighted by Crippen LogP contribution is -2.12. The summed E-state index contributed by atoms with van der Waals surface area (Å²) in [5.41, 5.74) is 0.582. The van der Waals surface area contributed by atoms with Crippen molar-refractivity contribution in [3.8, 4) is 0 Å². The Morgan fingerprint density at radius 1 is 1.60 bits per heavy atom. The molecule has 0 fully saturated rings. The maximum Gasteiger partial charge on any atom is 0.356 e. The Kier molecular flexibility index (Phi) is 3.60. The first-order chi connectivity index (χ1) is 7.00. The standard InChI is InChI=1S/C10H15N3O2/c1-6(2)4-11-9-7(3)13-8(5-12-9)10(14)15/h5-6H,4H2,1-3H3,(H,11,12)(H,14,15). The van der Waals surface area contributed by atoms with Crippen molar-refractivity contribution in [1.82, 2.24) is 9.97 Å². The molecule has 1 aromatic heterocycles. The number of nitrogens with zero attached hydrogens (tertiary/aromatic N) is 2. The molecule has 0 unspecified atom stereocenters. The minimum absolute atomic E-state index is 0.0254. The zero-order valence-electron chi connectivity index (χ0n) is 9.11. The Labute approximate surface area is 88.6 Å². The monoisotopic (exact) mass is 209 g/mol. The van der Waals surface area contributed by atoms with E-state index >= 15 is 0 Å². The molecule has 82 valence electrons. The fourth-order valence-corrected chi connectivity index (χ4v) is 1.06. The second-order valence-corrected chi connectivity index (χ2v) is 3.77. The van der Waals surface area contributed by atoms with E-state index in [9.17, 15) is 4.79 Å². The van der Waals surface area contributed by atoms with E-state index in [0.29, 0.717) is 17.4 Å². The highest BCUT2D eigenvalue weighted by molar-refractivity contribution is 5.85. The van der Waals surface area contributed by atoms with Crippen molar-refractivity contribution in [2.24, 2.45) is 5.92 Å². The van der Waals surface area contributed by atoms with E-state index in [0.717, 1.165) is 6.54 Å². The van der Waals surface area contributed by atoms with E-state index in [4.69, 9.17) is 5.11 Å². The van der Waals surface area contributed by atoms with Crippen LogP contribution in [0.5, 0.6) is 0 Å². The molecule has 5 heteroatoms. The second-order valence-electron chi connectivity index (χ2n) is 3.77. The molecule has 0 spiro atoms. The van der Waals surface area contributed by atoms with Crippen molar-refractivity contribution < 1.29 is 9.90 Å². The van der Waals surface area contributed by atoms with Gasteiger partial charge in [-0.15, -0.1) is 0 Å². The summed E-state index contributed by atoms with van der Waals surface area (Å²) in [7, 11) is 0. The van der Waals surface area contributed by atoms with Gasteiger partial charge in [0, 0.05) is 6.54 Å². The van der Waals surface area contributed by atoms with E-state index in [1.54, 1.807) is 6.92 Å². The van der Waals surface area contributed by atoms with Gasteiger partial charge in [-0.05, 0) is 12.8 Å². The maximum atomic E-state index is 10.6. The summed E-state index contributed by atoms with van der Waals surface area (Å²) in [4.78, 5) is 18.6. The molecule has 5 nitrogen and oxygen atoms in total. The van der Waals surface area contributed by atoms with Crippen LogP contribution >= 0.6 is 0 Å². The first-order valence-electron chi connectivity index (χ1n) is 4.81. The van der Waals surface area contributed by atoms with Crippen molar-refractivity contribution in [3.05, 3.63) is 17.6 Å². The van der Waals surface area contributed by atoms with Gasteiger partial charge in [-0.25, -0.2) is 14.8 Å². The Morgan fingerprint density at radius 3 is 2.73 bits per heavy atom. The van der Waals surface area contributed by atoms with Crippen molar-refractivity contribution in [1.29, 1.82) is 0 Å². The third kappa shape index (κ3) is 3.19. The molecule has 15 heavy (non-hydrogen) atoms. The van der Waals surface area contributed by atoms with Crippen molar-refractivity contribution in [3.63, 3.8) is 0 Å². The average molecular weight is 209 g/mol. The summed E-state index contributed by atoms with van der Waals surface area (Å²) < 4.78 is 0. The van der Waals surface area contributed by atoms with Crippen LogP contribution in [0, 0.1) is 12.8 Å². The van der Waals surface area contributed by atoms with Gasteiger partial charge < -0.3 is 10.4 Å². The average Bonchev–Trinajstić information content (AvgIpc) is 2.15. The molecule has 1 rings (SSSR count). The first-order valence-corrected chi connectivity index (χ1v) is 4.81. The molecule has 0 aromatic carbocycles. The first kappa shape index (κ1) is 11.4. The quantitative estimate of drug-likeness (QED) is 0.786. The molecular formula is C10H15N3O2. The summed E-state index contributed by atoms with van der Waals surface area (Å²) >= 11 is 0. The molecule has 0 aliphatic rings.